The smallest absolute Gasteiger partial charge is 0.270 e. The molecule has 0 aliphatic heterocycles. The first kappa shape index (κ1) is 16.7. The number of carbonyl (C=O) groups excluding carboxylic acids is 1. The number of nitrogens with zero attached hydrogens (tertiary/aromatic N) is 2. The summed E-state index contributed by atoms with van der Waals surface area (Å²) < 4.78 is 5.00. The molecule has 1 fully saturated rings. The fourth-order valence-electron chi connectivity index (χ4n) is 2.69. The van der Waals surface area contributed by atoms with Crippen molar-refractivity contribution < 1.29 is 9.53 Å². The van der Waals surface area contributed by atoms with E-state index in [9.17, 15) is 4.79 Å². The van der Waals surface area contributed by atoms with Gasteiger partial charge in [0.15, 0.2) is 0 Å². The highest BCUT2D eigenvalue weighted by atomic mass is 16.5. The molecular weight excluding hydrogens is 280 g/mol. The minimum absolute atomic E-state index is 0.103. The largest absolute Gasteiger partial charge is 0.385 e. The third kappa shape index (κ3) is 5.60. The van der Waals surface area contributed by atoms with Gasteiger partial charge in [-0.25, -0.2) is 9.97 Å². The molecule has 0 atom stereocenters. The summed E-state index contributed by atoms with van der Waals surface area (Å²) in [4.78, 5) is 20.5. The van der Waals surface area contributed by atoms with Crippen molar-refractivity contribution in [3.05, 3.63) is 18.1 Å². The Morgan fingerprint density at radius 1 is 1.27 bits per heavy atom. The highest BCUT2D eigenvalue weighted by Crippen LogP contribution is 2.17. The van der Waals surface area contributed by atoms with Crippen LogP contribution in [0, 0.1) is 0 Å². The van der Waals surface area contributed by atoms with Gasteiger partial charge < -0.3 is 15.4 Å². The maximum absolute atomic E-state index is 12.3. The molecule has 2 N–H and O–H groups in total. The van der Waals surface area contributed by atoms with Gasteiger partial charge >= 0.3 is 0 Å². The quantitative estimate of drug-likeness (QED) is 0.597. The van der Waals surface area contributed by atoms with Crippen molar-refractivity contribution >= 4 is 11.7 Å². The summed E-state index contributed by atoms with van der Waals surface area (Å²) >= 11 is 0. The SMILES string of the molecule is COCCCNc1cc(C(=O)NC2CCCCCC2)ncn1. The Labute approximate surface area is 132 Å². The summed E-state index contributed by atoms with van der Waals surface area (Å²) in [7, 11) is 1.68. The van der Waals surface area contributed by atoms with Crippen LogP contribution in [0.4, 0.5) is 5.82 Å². The summed E-state index contributed by atoms with van der Waals surface area (Å²) in [6.07, 6.45) is 9.40. The molecule has 1 aromatic heterocycles. The number of methoxy groups -OCH3 is 1. The molecule has 22 heavy (non-hydrogen) atoms. The molecule has 1 saturated carbocycles. The zero-order valence-corrected chi connectivity index (χ0v) is 13.3. The lowest BCUT2D eigenvalue weighted by atomic mass is 10.1. The molecule has 6 heteroatoms. The van der Waals surface area contributed by atoms with Crippen molar-refractivity contribution in [2.24, 2.45) is 0 Å². The molecule has 0 saturated heterocycles. The zero-order valence-electron chi connectivity index (χ0n) is 13.3. The summed E-state index contributed by atoms with van der Waals surface area (Å²) in [6.45, 7) is 1.46. The van der Waals surface area contributed by atoms with Gasteiger partial charge in [0.25, 0.3) is 5.91 Å². The molecule has 6 nitrogen and oxygen atoms in total. The minimum Gasteiger partial charge on any atom is -0.385 e. The number of hydrogen-bond acceptors (Lipinski definition) is 5. The number of hydrogen-bond donors (Lipinski definition) is 2. The van der Waals surface area contributed by atoms with Crippen molar-refractivity contribution in [2.45, 2.75) is 51.0 Å². The van der Waals surface area contributed by atoms with Gasteiger partial charge in [-0.3, -0.25) is 4.79 Å². The molecule has 0 unspecified atom stereocenters. The van der Waals surface area contributed by atoms with Crippen LogP contribution >= 0.6 is 0 Å². The van der Waals surface area contributed by atoms with E-state index in [1.165, 1.54) is 32.0 Å². The van der Waals surface area contributed by atoms with Crippen LogP contribution in [0.25, 0.3) is 0 Å². The Kier molecular flexibility index (Phi) is 7.09. The van der Waals surface area contributed by atoms with Gasteiger partial charge in [-0.15, -0.1) is 0 Å². The zero-order chi connectivity index (χ0) is 15.6. The van der Waals surface area contributed by atoms with E-state index in [0.29, 0.717) is 18.1 Å². The van der Waals surface area contributed by atoms with Crippen LogP contribution in [-0.4, -0.2) is 42.2 Å². The van der Waals surface area contributed by atoms with Gasteiger partial charge in [0.1, 0.15) is 17.8 Å². The van der Waals surface area contributed by atoms with Crippen LogP contribution in [0.5, 0.6) is 0 Å². The van der Waals surface area contributed by atoms with Crippen LogP contribution in [0.1, 0.15) is 55.4 Å². The molecule has 0 aromatic carbocycles. The van der Waals surface area contributed by atoms with Gasteiger partial charge in [-0.1, -0.05) is 25.7 Å². The average molecular weight is 306 g/mol. The van der Waals surface area contributed by atoms with E-state index in [2.05, 4.69) is 20.6 Å². The van der Waals surface area contributed by atoms with Crippen molar-refractivity contribution in [3.8, 4) is 0 Å². The fraction of sp³-hybridized carbons (Fsp3) is 0.688. The molecule has 0 bridgehead atoms. The Balaban J connectivity index is 1.86. The third-order valence-corrected chi connectivity index (χ3v) is 3.92. The predicted molar refractivity (Wildman–Crippen MR) is 86.0 cm³/mol. The topological polar surface area (TPSA) is 76.1 Å². The Bertz CT molecular complexity index is 459. The van der Waals surface area contributed by atoms with Gasteiger partial charge in [-0.2, -0.15) is 0 Å². The summed E-state index contributed by atoms with van der Waals surface area (Å²) in [6, 6.07) is 1.99. The van der Waals surface area contributed by atoms with E-state index in [1.54, 1.807) is 13.2 Å². The van der Waals surface area contributed by atoms with E-state index in [1.807, 2.05) is 0 Å². The second-order valence-corrected chi connectivity index (χ2v) is 5.72. The van der Waals surface area contributed by atoms with E-state index in [4.69, 9.17) is 4.74 Å². The van der Waals surface area contributed by atoms with Crippen molar-refractivity contribution in [2.75, 3.05) is 25.6 Å². The summed E-state index contributed by atoms with van der Waals surface area (Å²) in [5.41, 5.74) is 0.425. The number of rotatable bonds is 7. The average Bonchev–Trinajstić information content (AvgIpc) is 2.80. The van der Waals surface area contributed by atoms with E-state index in [0.717, 1.165) is 25.8 Å². The number of ether oxygens (including phenoxy) is 1. The molecule has 1 aromatic rings. The molecule has 0 radical (unpaired) electrons. The van der Waals surface area contributed by atoms with Crippen LogP contribution < -0.4 is 10.6 Å². The van der Waals surface area contributed by atoms with E-state index in [-0.39, 0.29) is 11.9 Å². The molecule has 0 spiro atoms. The first-order valence-electron chi connectivity index (χ1n) is 8.15. The minimum atomic E-state index is -0.103. The first-order valence-corrected chi connectivity index (χ1v) is 8.15. The molecule has 1 aliphatic rings. The third-order valence-electron chi connectivity index (χ3n) is 3.92. The van der Waals surface area contributed by atoms with Crippen LogP contribution in [0.15, 0.2) is 12.4 Å². The lowest BCUT2D eigenvalue weighted by Gasteiger charge is -2.16. The van der Waals surface area contributed by atoms with Gasteiger partial charge in [-0.05, 0) is 19.3 Å². The molecule has 2 rings (SSSR count). The van der Waals surface area contributed by atoms with Gasteiger partial charge in [0, 0.05) is 32.4 Å². The molecule has 1 amide bonds. The maximum Gasteiger partial charge on any atom is 0.270 e. The van der Waals surface area contributed by atoms with Crippen LogP contribution in [-0.2, 0) is 4.74 Å². The lowest BCUT2D eigenvalue weighted by Crippen LogP contribution is -2.35. The normalized spacial score (nSPS) is 16.0. The number of nitrogens with one attached hydrogen (secondary N) is 2. The fourth-order valence-corrected chi connectivity index (χ4v) is 2.69. The highest BCUT2D eigenvalue weighted by molar-refractivity contribution is 5.93. The number of amides is 1. The maximum atomic E-state index is 12.3. The highest BCUT2D eigenvalue weighted by Gasteiger charge is 2.16. The lowest BCUT2D eigenvalue weighted by molar-refractivity contribution is 0.0928. The van der Waals surface area contributed by atoms with Gasteiger partial charge in [0.05, 0.1) is 0 Å². The summed E-state index contributed by atoms with van der Waals surface area (Å²) in [5.74, 6) is 0.575. The van der Waals surface area contributed by atoms with E-state index >= 15 is 0 Å². The Morgan fingerprint density at radius 2 is 2.05 bits per heavy atom. The van der Waals surface area contributed by atoms with E-state index < -0.39 is 0 Å². The number of anilines is 1. The van der Waals surface area contributed by atoms with Crippen molar-refractivity contribution in [1.29, 1.82) is 0 Å². The van der Waals surface area contributed by atoms with Crippen LogP contribution in [0.3, 0.4) is 0 Å². The number of carbonyl (C=O) groups is 1. The Hall–Kier alpha value is -1.69. The second-order valence-electron chi connectivity index (χ2n) is 5.72. The van der Waals surface area contributed by atoms with Crippen LogP contribution in [0.2, 0.25) is 0 Å². The van der Waals surface area contributed by atoms with Gasteiger partial charge in [0.2, 0.25) is 0 Å². The predicted octanol–water partition coefficient (Wildman–Crippen LogP) is 2.38. The number of aromatic nitrogens is 2. The van der Waals surface area contributed by atoms with Crippen molar-refractivity contribution in [1.82, 2.24) is 15.3 Å². The molecule has 122 valence electrons. The first-order chi connectivity index (χ1) is 10.8. The molecule has 1 heterocycles. The standard InChI is InChI=1S/C16H26N4O2/c1-22-10-6-9-17-15-11-14(18-12-19-15)16(21)20-13-7-4-2-3-5-8-13/h11-13H,2-10H2,1H3,(H,20,21)(H,17,18,19). The summed E-state index contributed by atoms with van der Waals surface area (Å²) in [5, 5.41) is 6.28. The molecular formula is C16H26N4O2. The monoisotopic (exact) mass is 306 g/mol. The molecule has 1 aliphatic carbocycles. The Morgan fingerprint density at radius 3 is 2.77 bits per heavy atom. The van der Waals surface area contributed by atoms with Crippen molar-refractivity contribution in [3.63, 3.8) is 0 Å². The second kappa shape index (κ2) is 9.35.